The predicted molar refractivity (Wildman–Crippen MR) is 74.8 cm³/mol. The minimum absolute atomic E-state index is 0.423. The third-order valence-corrected chi connectivity index (χ3v) is 2.81. The molecule has 20 heavy (non-hydrogen) atoms. The van der Waals surface area contributed by atoms with Gasteiger partial charge in [0.1, 0.15) is 0 Å². The Morgan fingerprint density at radius 2 is 2.10 bits per heavy atom. The van der Waals surface area contributed by atoms with Crippen LogP contribution < -0.4 is 10.9 Å². The van der Waals surface area contributed by atoms with E-state index in [-0.39, 0.29) is 0 Å². The summed E-state index contributed by atoms with van der Waals surface area (Å²) in [6.45, 7) is 1.34. The van der Waals surface area contributed by atoms with Crippen LogP contribution in [-0.4, -0.2) is 24.4 Å². The number of rotatable bonds is 5. The Bertz CT molecular complexity index is 520. The summed E-state index contributed by atoms with van der Waals surface area (Å²) in [6, 6.07) is 3.35. The highest BCUT2D eigenvalue weighted by atomic mass is 32.1. The monoisotopic (exact) mass is 294 g/mol. The maximum atomic E-state index is 11.5. The van der Waals surface area contributed by atoms with Gasteiger partial charge >= 0.3 is 5.97 Å². The molecule has 0 radical (unpaired) electrons. The van der Waals surface area contributed by atoms with Crippen molar-refractivity contribution in [2.24, 2.45) is 0 Å². The summed E-state index contributed by atoms with van der Waals surface area (Å²) in [5.74, 6) is -1.68. The topological polar surface area (TPSA) is 84.5 Å². The lowest BCUT2D eigenvalue weighted by Crippen LogP contribution is -2.43. The molecule has 6 nitrogen and oxygen atoms in total. The van der Waals surface area contributed by atoms with Gasteiger partial charge in [0, 0.05) is 6.08 Å². The highest BCUT2D eigenvalue weighted by Gasteiger charge is 2.09. The maximum Gasteiger partial charge on any atom is 0.331 e. The second-order valence-electron chi connectivity index (χ2n) is 3.47. The molecule has 0 aromatic carbocycles. The molecule has 1 aromatic rings. The van der Waals surface area contributed by atoms with Crippen molar-refractivity contribution < 1.29 is 19.1 Å². The van der Waals surface area contributed by atoms with Crippen molar-refractivity contribution >= 4 is 29.1 Å². The molecule has 0 aliphatic rings. The lowest BCUT2D eigenvalue weighted by atomic mass is 10.4. The van der Waals surface area contributed by atoms with Crippen molar-refractivity contribution in [1.29, 1.82) is 0 Å². The fourth-order valence-corrected chi connectivity index (χ4v) is 1.68. The fourth-order valence-electron chi connectivity index (χ4n) is 1.06. The minimum atomic E-state index is -0.636. The van der Waals surface area contributed by atoms with E-state index in [1.165, 1.54) is 23.5 Å². The Kier molecular flexibility index (Phi) is 6.77. The molecule has 0 aliphatic heterocycles. The summed E-state index contributed by atoms with van der Waals surface area (Å²) in [5.41, 5.74) is 4.36. The van der Waals surface area contributed by atoms with E-state index < -0.39 is 24.4 Å². The number of esters is 1. The van der Waals surface area contributed by atoms with Crippen LogP contribution in [0.25, 0.3) is 0 Å². The molecule has 7 heteroatoms. The highest BCUT2D eigenvalue weighted by Crippen LogP contribution is 2.06. The van der Waals surface area contributed by atoms with Crippen LogP contribution in [0.5, 0.6) is 0 Å². The van der Waals surface area contributed by atoms with Gasteiger partial charge < -0.3 is 4.74 Å². The first-order valence-corrected chi connectivity index (χ1v) is 6.60. The smallest absolute Gasteiger partial charge is 0.331 e. The number of carbonyl (C=O) groups excluding carboxylic acids is 3. The molecule has 1 rings (SSSR count). The largest absolute Gasteiger partial charge is 0.452 e. The standard InChI is InChI=1S/C13H14N2O4S/c1-2-3-4-7-12(17)19-9-11(16)14-15-13(18)10-6-5-8-20-10/h2-8H,9H2,1H3,(H,14,16)(H,15,18)/b3-2+,7-4+. The van der Waals surface area contributed by atoms with Crippen LogP contribution in [0, 0.1) is 0 Å². The zero-order valence-electron chi connectivity index (χ0n) is 10.8. The number of hydrazine groups is 1. The molecular weight excluding hydrogens is 280 g/mol. The third-order valence-electron chi connectivity index (χ3n) is 1.94. The first kappa shape index (κ1) is 15.6. The Morgan fingerprint density at radius 1 is 1.30 bits per heavy atom. The van der Waals surface area contributed by atoms with Crippen LogP contribution >= 0.6 is 11.3 Å². The number of allylic oxidation sites excluding steroid dienone is 3. The van der Waals surface area contributed by atoms with Crippen molar-refractivity contribution in [2.75, 3.05) is 6.61 Å². The maximum absolute atomic E-state index is 11.5. The van der Waals surface area contributed by atoms with E-state index in [1.807, 2.05) is 0 Å². The minimum Gasteiger partial charge on any atom is -0.452 e. The summed E-state index contributed by atoms with van der Waals surface area (Å²) >= 11 is 1.25. The third kappa shape index (κ3) is 5.96. The van der Waals surface area contributed by atoms with Crippen LogP contribution in [-0.2, 0) is 14.3 Å². The molecule has 0 unspecified atom stereocenters. The van der Waals surface area contributed by atoms with Crippen molar-refractivity contribution in [2.45, 2.75) is 6.92 Å². The van der Waals surface area contributed by atoms with Gasteiger partial charge in [0.15, 0.2) is 6.61 Å². The van der Waals surface area contributed by atoms with Gasteiger partial charge in [-0.3, -0.25) is 20.4 Å². The molecule has 1 aromatic heterocycles. The molecule has 0 spiro atoms. The van der Waals surface area contributed by atoms with Crippen molar-refractivity contribution in [1.82, 2.24) is 10.9 Å². The number of carbonyl (C=O) groups is 3. The van der Waals surface area contributed by atoms with Crippen LogP contribution in [0.15, 0.2) is 41.8 Å². The van der Waals surface area contributed by atoms with Gasteiger partial charge in [0.2, 0.25) is 0 Å². The van der Waals surface area contributed by atoms with Crippen LogP contribution in [0.1, 0.15) is 16.6 Å². The summed E-state index contributed by atoms with van der Waals surface area (Å²) in [7, 11) is 0. The van der Waals surface area contributed by atoms with Crippen molar-refractivity contribution in [3.63, 3.8) is 0 Å². The molecule has 106 valence electrons. The van der Waals surface area contributed by atoms with Crippen LogP contribution in [0.4, 0.5) is 0 Å². The van der Waals surface area contributed by atoms with E-state index >= 15 is 0 Å². The van der Waals surface area contributed by atoms with Crippen molar-refractivity contribution in [3.8, 4) is 0 Å². The predicted octanol–water partition coefficient (Wildman–Crippen LogP) is 1.18. The van der Waals surface area contributed by atoms with Gasteiger partial charge in [0.05, 0.1) is 4.88 Å². The molecule has 0 saturated carbocycles. The zero-order chi connectivity index (χ0) is 14.8. The number of hydrogen-bond donors (Lipinski definition) is 2. The van der Waals surface area contributed by atoms with Gasteiger partial charge in [-0.05, 0) is 18.4 Å². The van der Waals surface area contributed by atoms with Crippen LogP contribution in [0.2, 0.25) is 0 Å². The lowest BCUT2D eigenvalue weighted by Gasteiger charge is -2.06. The molecule has 0 fully saturated rings. The van der Waals surface area contributed by atoms with Gasteiger partial charge in [-0.25, -0.2) is 4.79 Å². The first-order valence-electron chi connectivity index (χ1n) is 5.72. The molecular formula is C13H14N2O4S. The van der Waals surface area contributed by atoms with E-state index in [4.69, 9.17) is 0 Å². The highest BCUT2D eigenvalue weighted by molar-refractivity contribution is 7.12. The first-order chi connectivity index (χ1) is 9.63. The van der Waals surface area contributed by atoms with Gasteiger partial charge in [-0.1, -0.05) is 24.3 Å². The fraction of sp³-hybridized carbons (Fsp3) is 0.154. The van der Waals surface area contributed by atoms with E-state index in [0.717, 1.165) is 0 Å². The second-order valence-corrected chi connectivity index (χ2v) is 4.42. The molecule has 2 N–H and O–H groups in total. The zero-order valence-corrected chi connectivity index (χ0v) is 11.6. The molecule has 0 saturated heterocycles. The second kappa shape index (κ2) is 8.65. The number of hydrogen-bond acceptors (Lipinski definition) is 5. The number of amides is 2. The summed E-state index contributed by atoms with van der Waals surface area (Å²) < 4.78 is 4.65. The van der Waals surface area contributed by atoms with E-state index in [2.05, 4.69) is 15.6 Å². The quantitative estimate of drug-likeness (QED) is 0.370. The molecule has 0 atom stereocenters. The van der Waals surface area contributed by atoms with Gasteiger partial charge in [-0.2, -0.15) is 0 Å². The average molecular weight is 294 g/mol. The Balaban J connectivity index is 2.24. The van der Waals surface area contributed by atoms with E-state index in [0.29, 0.717) is 4.88 Å². The molecule has 0 bridgehead atoms. The van der Waals surface area contributed by atoms with Gasteiger partial charge in [-0.15, -0.1) is 11.3 Å². The number of thiophene rings is 1. The SMILES string of the molecule is C/C=C/C=C/C(=O)OCC(=O)NNC(=O)c1cccs1. The Labute approximate surface area is 120 Å². The average Bonchev–Trinajstić information content (AvgIpc) is 2.97. The molecule has 2 amide bonds. The lowest BCUT2D eigenvalue weighted by molar-refractivity contribution is -0.144. The summed E-state index contributed by atoms with van der Waals surface area (Å²) in [6.07, 6.45) is 6.09. The summed E-state index contributed by atoms with van der Waals surface area (Å²) in [5, 5.41) is 1.75. The van der Waals surface area contributed by atoms with Gasteiger partial charge in [0.25, 0.3) is 11.8 Å². The number of nitrogens with one attached hydrogen (secondary N) is 2. The Hall–Kier alpha value is -2.41. The summed E-state index contributed by atoms with van der Waals surface area (Å²) in [4.78, 5) is 34.4. The Morgan fingerprint density at radius 3 is 2.75 bits per heavy atom. The number of ether oxygens (including phenoxy) is 1. The van der Waals surface area contributed by atoms with E-state index in [9.17, 15) is 14.4 Å². The van der Waals surface area contributed by atoms with Crippen LogP contribution in [0.3, 0.4) is 0 Å². The molecule has 1 heterocycles. The van der Waals surface area contributed by atoms with Crippen molar-refractivity contribution in [3.05, 3.63) is 46.7 Å². The normalized spacial score (nSPS) is 10.7. The van der Waals surface area contributed by atoms with E-state index in [1.54, 1.807) is 36.6 Å². The molecule has 0 aliphatic carbocycles.